The number of phosphoric ester groups is 2. The highest BCUT2D eigenvalue weighted by Gasteiger charge is 2.30. The fourth-order valence-corrected chi connectivity index (χ4v) is 12.3. The Morgan fingerprint density at radius 3 is 0.968 bits per heavy atom. The van der Waals surface area contributed by atoms with Crippen LogP contribution >= 0.6 is 15.6 Å². The van der Waals surface area contributed by atoms with Gasteiger partial charge in [0, 0.05) is 25.7 Å². The maximum Gasteiger partial charge on any atom is 0.472 e. The molecule has 0 saturated heterocycles. The molecule has 3 unspecified atom stereocenters. The van der Waals surface area contributed by atoms with Crippen molar-refractivity contribution in [3.8, 4) is 0 Å². The van der Waals surface area contributed by atoms with E-state index in [2.05, 4.69) is 65.8 Å². The summed E-state index contributed by atoms with van der Waals surface area (Å²) in [5.74, 6) is -0.706. The normalized spacial score (nSPS) is 14.5. The molecular weight excluding hydrogens is 1220 g/mol. The van der Waals surface area contributed by atoms with Gasteiger partial charge in [0.25, 0.3) is 0 Å². The number of aliphatic hydroxyl groups excluding tert-OH is 1. The van der Waals surface area contributed by atoms with Gasteiger partial charge in [0.1, 0.15) is 19.3 Å². The van der Waals surface area contributed by atoms with Gasteiger partial charge >= 0.3 is 39.5 Å². The van der Waals surface area contributed by atoms with Gasteiger partial charge in [0.05, 0.1) is 26.4 Å². The number of aliphatic hydroxyl groups is 1. The van der Waals surface area contributed by atoms with Crippen molar-refractivity contribution >= 4 is 39.5 Å². The standard InChI is InChI=1S/C74H140O17P2/c1-7-10-12-14-16-18-20-22-24-25-27-29-31-33-38-46-52-58-73(78)90-69(62-84-71(76)56-50-44-37-32-30-28-26-23-21-19-17-15-13-11-8-2)64-88-92(80,81)86-60-68(75)61-87-93(82,83)89-65-70(63-85-72(77)57-51-45-41-40-43-49-55-67(6)9-3)91-74(79)59-53-47-39-35-34-36-42-48-54-66(4)5/h19,21,23,26,66-70,75H,7-18,20,22,24-25,27-65H2,1-6H3,(H,80,81)(H,82,83)/b21-19-,26-23-/t67?,68-,69-,70-/m1/s1. The summed E-state index contributed by atoms with van der Waals surface area (Å²) < 4.78 is 68.4. The monoisotopic (exact) mass is 1360 g/mol. The molecule has 17 nitrogen and oxygen atoms in total. The maximum atomic E-state index is 13.1. The summed E-state index contributed by atoms with van der Waals surface area (Å²) in [5, 5.41) is 10.6. The molecule has 0 fully saturated rings. The van der Waals surface area contributed by atoms with E-state index in [1.165, 1.54) is 148 Å². The van der Waals surface area contributed by atoms with Crippen molar-refractivity contribution in [2.24, 2.45) is 11.8 Å². The Labute approximate surface area is 567 Å². The van der Waals surface area contributed by atoms with Crippen molar-refractivity contribution in [1.82, 2.24) is 0 Å². The van der Waals surface area contributed by atoms with Gasteiger partial charge < -0.3 is 33.8 Å². The van der Waals surface area contributed by atoms with Crippen LogP contribution in [0.3, 0.4) is 0 Å². The van der Waals surface area contributed by atoms with Crippen molar-refractivity contribution < 1.29 is 80.2 Å². The van der Waals surface area contributed by atoms with Crippen LogP contribution in [0.5, 0.6) is 0 Å². The first-order valence-corrected chi connectivity index (χ1v) is 40.8. The SMILES string of the molecule is CCCCCC/C=C\C=C/CCCCCCCC(=O)OC[C@H](COP(=O)(O)OC[C@@H](O)COP(=O)(O)OC[C@@H](COC(=O)CCCCCCCCC(C)CC)OC(=O)CCCCCCCCCCC(C)C)OC(=O)CCCCCCCCCCCCCCCCCCC. The zero-order valence-corrected chi connectivity index (χ0v) is 61.8. The smallest absolute Gasteiger partial charge is 0.462 e. The van der Waals surface area contributed by atoms with Crippen LogP contribution in [-0.4, -0.2) is 96.7 Å². The molecule has 0 rings (SSSR count). The Hall–Kier alpha value is -2.46. The predicted octanol–water partition coefficient (Wildman–Crippen LogP) is 21.1. The number of unbranched alkanes of at least 4 members (excludes halogenated alkanes) is 37. The highest BCUT2D eigenvalue weighted by atomic mass is 31.2. The Balaban J connectivity index is 5.28. The molecular formula is C74H140O17P2. The molecule has 0 aromatic rings. The molecule has 3 N–H and O–H groups in total. The Morgan fingerprint density at radius 1 is 0.355 bits per heavy atom. The molecule has 0 spiro atoms. The van der Waals surface area contributed by atoms with E-state index in [9.17, 15) is 43.2 Å². The molecule has 0 radical (unpaired) electrons. The first kappa shape index (κ1) is 90.5. The highest BCUT2D eigenvalue weighted by molar-refractivity contribution is 7.47. The van der Waals surface area contributed by atoms with Gasteiger partial charge in [-0.05, 0) is 63.2 Å². The van der Waals surface area contributed by atoms with E-state index in [1.54, 1.807) is 0 Å². The second kappa shape index (κ2) is 65.5. The number of carbonyl (C=O) groups excluding carboxylic acids is 4. The molecule has 6 atom stereocenters. The van der Waals surface area contributed by atoms with Crippen LogP contribution in [0, 0.1) is 11.8 Å². The summed E-state index contributed by atoms with van der Waals surface area (Å²) in [6.07, 6.45) is 55.0. The summed E-state index contributed by atoms with van der Waals surface area (Å²) in [7, 11) is -9.92. The molecule has 0 bridgehead atoms. The predicted molar refractivity (Wildman–Crippen MR) is 377 cm³/mol. The van der Waals surface area contributed by atoms with Gasteiger partial charge in [-0.15, -0.1) is 0 Å². The van der Waals surface area contributed by atoms with Crippen LogP contribution in [-0.2, 0) is 65.4 Å². The molecule has 0 aliphatic heterocycles. The fraction of sp³-hybridized carbons (Fsp3) is 0.892. The van der Waals surface area contributed by atoms with Crippen LogP contribution in [0.2, 0.25) is 0 Å². The molecule has 548 valence electrons. The van der Waals surface area contributed by atoms with E-state index in [0.717, 1.165) is 121 Å². The number of carbonyl (C=O) groups is 4. The first-order chi connectivity index (χ1) is 44.9. The van der Waals surface area contributed by atoms with Gasteiger partial charge in [0.15, 0.2) is 12.2 Å². The lowest BCUT2D eigenvalue weighted by Crippen LogP contribution is -2.30. The lowest BCUT2D eigenvalue weighted by atomic mass is 10.00. The van der Waals surface area contributed by atoms with Crippen molar-refractivity contribution in [1.29, 1.82) is 0 Å². The Morgan fingerprint density at radius 2 is 0.634 bits per heavy atom. The van der Waals surface area contributed by atoms with Gasteiger partial charge in [-0.1, -0.05) is 303 Å². The summed E-state index contributed by atoms with van der Waals surface area (Å²) in [4.78, 5) is 72.7. The van der Waals surface area contributed by atoms with Gasteiger partial charge in [0.2, 0.25) is 0 Å². The second-order valence-corrected chi connectivity index (χ2v) is 29.6. The number of ether oxygens (including phenoxy) is 4. The zero-order chi connectivity index (χ0) is 68.6. The molecule has 93 heavy (non-hydrogen) atoms. The van der Waals surface area contributed by atoms with Crippen LogP contribution in [0.4, 0.5) is 0 Å². The summed E-state index contributed by atoms with van der Waals surface area (Å²) in [5.41, 5.74) is 0. The number of hydrogen-bond acceptors (Lipinski definition) is 15. The third-order valence-electron chi connectivity index (χ3n) is 16.9. The summed E-state index contributed by atoms with van der Waals surface area (Å²) >= 11 is 0. The average Bonchev–Trinajstić information content (AvgIpc) is 3.61. The van der Waals surface area contributed by atoms with Crippen molar-refractivity contribution in [3.63, 3.8) is 0 Å². The topological polar surface area (TPSA) is 237 Å². The number of hydrogen-bond donors (Lipinski definition) is 3. The minimum atomic E-state index is -4.96. The molecule has 0 aliphatic rings. The van der Waals surface area contributed by atoms with E-state index in [-0.39, 0.29) is 25.7 Å². The van der Waals surface area contributed by atoms with E-state index in [4.69, 9.17) is 37.0 Å². The maximum absolute atomic E-state index is 13.1. The molecule has 0 heterocycles. The first-order valence-electron chi connectivity index (χ1n) is 37.8. The molecule has 0 aromatic heterocycles. The van der Waals surface area contributed by atoms with E-state index in [1.807, 2.05) is 0 Å². The number of allylic oxidation sites excluding steroid dienone is 4. The van der Waals surface area contributed by atoms with Crippen molar-refractivity contribution in [3.05, 3.63) is 24.3 Å². The van der Waals surface area contributed by atoms with Crippen LogP contribution in [0.15, 0.2) is 24.3 Å². The Bertz CT molecular complexity index is 1900. The third kappa shape index (κ3) is 66.6. The van der Waals surface area contributed by atoms with Gasteiger partial charge in [-0.25, -0.2) is 9.13 Å². The fourth-order valence-electron chi connectivity index (χ4n) is 10.7. The van der Waals surface area contributed by atoms with Crippen LogP contribution in [0.1, 0.15) is 356 Å². The summed E-state index contributed by atoms with van der Waals surface area (Å²) in [6, 6.07) is 0. The quantitative estimate of drug-likeness (QED) is 0.0169. The molecule has 0 aliphatic carbocycles. The van der Waals surface area contributed by atoms with E-state index < -0.39 is 97.5 Å². The van der Waals surface area contributed by atoms with Crippen LogP contribution < -0.4 is 0 Å². The van der Waals surface area contributed by atoms with Crippen molar-refractivity contribution in [2.45, 2.75) is 374 Å². The molecule has 0 saturated carbocycles. The number of rotatable bonds is 71. The lowest BCUT2D eigenvalue weighted by Gasteiger charge is -2.21. The number of phosphoric acid groups is 2. The summed E-state index contributed by atoms with van der Waals surface area (Å²) in [6.45, 7) is 9.43. The van der Waals surface area contributed by atoms with Gasteiger partial charge in [-0.3, -0.25) is 37.3 Å². The molecule has 19 heteroatoms. The Kier molecular flexibility index (Phi) is 63.7. The molecule has 0 aromatic carbocycles. The van der Waals surface area contributed by atoms with E-state index in [0.29, 0.717) is 31.6 Å². The van der Waals surface area contributed by atoms with Gasteiger partial charge in [-0.2, -0.15) is 0 Å². The lowest BCUT2D eigenvalue weighted by molar-refractivity contribution is -0.161. The minimum absolute atomic E-state index is 0.101. The molecule has 0 amide bonds. The largest absolute Gasteiger partial charge is 0.472 e. The van der Waals surface area contributed by atoms with E-state index >= 15 is 0 Å². The minimum Gasteiger partial charge on any atom is -0.462 e. The average molecular weight is 1360 g/mol. The highest BCUT2D eigenvalue weighted by Crippen LogP contribution is 2.45. The third-order valence-corrected chi connectivity index (χ3v) is 18.8. The van der Waals surface area contributed by atoms with Crippen molar-refractivity contribution in [2.75, 3.05) is 39.6 Å². The second-order valence-electron chi connectivity index (χ2n) is 26.7. The number of esters is 4. The zero-order valence-electron chi connectivity index (χ0n) is 60.0. The van der Waals surface area contributed by atoms with Crippen LogP contribution in [0.25, 0.3) is 0 Å².